The maximum Gasteiger partial charge on any atom is 0.180 e. The Balaban J connectivity index is 3.01. The lowest BCUT2D eigenvalue weighted by Crippen LogP contribution is -2.00. The van der Waals surface area contributed by atoms with Gasteiger partial charge in [0, 0.05) is 6.07 Å². The van der Waals surface area contributed by atoms with Crippen LogP contribution in [0.3, 0.4) is 0 Å². The van der Waals surface area contributed by atoms with Gasteiger partial charge in [-0.1, -0.05) is 17.2 Å². The third kappa shape index (κ3) is 3.97. The minimum Gasteiger partial charge on any atom is -0.490 e. The molecule has 0 aromatic heterocycles. The largest absolute Gasteiger partial charge is 0.490 e. The first-order valence-corrected chi connectivity index (χ1v) is 6.08. The minimum absolute atomic E-state index is 0.389. The number of benzene rings is 1. The van der Waals surface area contributed by atoms with Gasteiger partial charge in [-0.25, -0.2) is 0 Å². The molecule has 0 aliphatic carbocycles. The number of hydrogen-bond acceptors (Lipinski definition) is 3. The molecule has 0 atom stereocenters. The Labute approximate surface area is 113 Å². The van der Waals surface area contributed by atoms with Crippen molar-refractivity contribution in [1.29, 1.82) is 5.26 Å². The molecule has 18 heavy (non-hydrogen) atoms. The van der Waals surface area contributed by atoms with Gasteiger partial charge in [0.15, 0.2) is 11.5 Å². The molecule has 0 aliphatic rings. The van der Waals surface area contributed by atoms with Gasteiger partial charge in [-0.2, -0.15) is 5.26 Å². The molecule has 0 saturated carbocycles. The first kappa shape index (κ1) is 14.4. The van der Waals surface area contributed by atoms with Gasteiger partial charge in [0.05, 0.1) is 23.3 Å². The van der Waals surface area contributed by atoms with Crippen LogP contribution in [0.25, 0.3) is 0 Å². The third-order valence-corrected chi connectivity index (χ3v) is 2.44. The lowest BCUT2D eigenvalue weighted by atomic mass is 10.2. The van der Waals surface area contributed by atoms with E-state index >= 15 is 0 Å². The quantitative estimate of drug-likeness (QED) is 0.757. The molecular formula is C14H16ClNO2. The van der Waals surface area contributed by atoms with Crippen molar-refractivity contribution in [2.75, 3.05) is 13.2 Å². The topological polar surface area (TPSA) is 42.2 Å². The summed E-state index contributed by atoms with van der Waals surface area (Å²) in [6.45, 7) is 6.77. The zero-order valence-corrected chi connectivity index (χ0v) is 11.5. The average Bonchev–Trinajstić information content (AvgIpc) is 2.32. The van der Waals surface area contributed by atoms with Crippen LogP contribution < -0.4 is 9.47 Å². The van der Waals surface area contributed by atoms with Crippen LogP contribution >= 0.6 is 11.6 Å². The molecule has 0 radical (unpaired) electrons. The van der Waals surface area contributed by atoms with Crippen LogP contribution in [0.2, 0.25) is 5.02 Å². The summed E-state index contributed by atoms with van der Waals surface area (Å²) in [4.78, 5) is 0. The number of hydrogen-bond donors (Lipinski definition) is 0. The van der Waals surface area contributed by atoms with Gasteiger partial charge >= 0.3 is 0 Å². The van der Waals surface area contributed by atoms with Crippen molar-refractivity contribution < 1.29 is 9.47 Å². The normalized spacial score (nSPS) is 9.50. The Morgan fingerprint density at radius 1 is 1.39 bits per heavy atom. The maximum atomic E-state index is 8.88. The molecule has 0 N–H and O–H groups in total. The summed E-state index contributed by atoms with van der Waals surface area (Å²) in [5, 5.41) is 9.27. The molecule has 0 amide bonds. The number of nitriles is 1. The second-order valence-corrected chi connectivity index (χ2v) is 4.33. The molecule has 1 aromatic rings. The molecular weight excluding hydrogens is 250 g/mol. The highest BCUT2D eigenvalue weighted by Gasteiger charge is 2.12. The van der Waals surface area contributed by atoms with Gasteiger partial charge in [0.1, 0.15) is 6.61 Å². The van der Waals surface area contributed by atoms with Crippen molar-refractivity contribution in [2.45, 2.75) is 20.8 Å². The minimum atomic E-state index is 0.389. The summed E-state index contributed by atoms with van der Waals surface area (Å²) in [6, 6.07) is 5.24. The molecule has 4 heteroatoms. The van der Waals surface area contributed by atoms with E-state index < -0.39 is 0 Å². The Bertz CT molecular complexity index is 485. The standard InChI is InChI=1S/C14H16ClNO2/c1-4-17-13-8-11(9-16)7-12(15)14(13)18-6-5-10(2)3/h5,7-8H,4,6H2,1-3H3. The lowest BCUT2D eigenvalue weighted by Gasteiger charge is -2.12. The fourth-order valence-electron chi connectivity index (χ4n) is 1.33. The summed E-state index contributed by atoms with van der Waals surface area (Å²) in [6.07, 6.45) is 1.95. The number of ether oxygens (including phenoxy) is 2. The summed E-state index contributed by atoms with van der Waals surface area (Å²) < 4.78 is 11.0. The number of nitrogens with zero attached hydrogens (tertiary/aromatic N) is 1. The fraction of sp³-hybridized carbons (Fsp3) is 0.357. The molecule has 0 bridgehead atoms. The first-order valence-electron chi connectivity index (χ1n) is 5.71. The second-order valence-electron chi connectivity index (χ2n) is 3.92. The highest BCUT2D eigenvalue weighted by atomic mass is 35.5. The van der Waals surface area contributed by atoms with Crippen molar-refractivity contribution in [3.8, 4) is 17.6 Å². The molecule has 0 spiro atoms. The van der Waals surface area contributed by atoms with Crippen LogP contribution in [-0.4, -0.2) is 13.2 Å². The van der Waals surface area contributed by atoms with Crippen LogP contribution in [0.5, 0.6) is 11.5 Å². The van der Waals surface area contributed by atoms with E-state index in [1.807, 2.05) is 32.9 Å². The monoisotopic (exact) mass is 265 g/mol. The van der Waals surface area contributed by atoms with Crippen molar-refractivity contribution in [3.05, 3.63) is 34.4 Å². The first-order chi connectivity index (χ1) is 8.58. The van der Waals surface area contributed by atoms with Crippen LogP contribution in [0.15, 0.2) is 23.8 Å². The van der Waals surface area contributed by atoms with E-state index in [0.717, 1.165) is 5.57 Å². The van der Waals surface area contributed by atoms with Gasteiger partial charge in [-0.05, 0) is 32.9 Å². The predicted octanol–water partition coefficient (Wildman–Crippen LogP) is 3.96. The molecule has 1 rings (SSSR count). The number of allylic oxidation sites excluding steroid dienone is 1. The van der Waals surface area contributed by atoms with E-state index in [9.17, 15) is 0 Å². The van der Waals surface area contributed by atoms with Gasteiger partial charge in [-0.3, -0.25) is 0 Å². The van der Waals surface area contributed by atoms with Gasteiger partial charge < -0.3 is 9.47 Å². The molecule has 1 aromatic carbocycles. The van der Waals surface area contributed by atoms with Crippen molar-refractivity contribution in [2.24, 2.45) is 0 Å². The van der Waals surface area contributed by atoms with E-state index in [4.69, 9.17) is 26.3 Å². The Morgan fingerprint density at radius 3 is 2.67 bits per heavy atom. The van der Waals surface area contributed by atoms with E-state index in [1.54, 1.807) is 12.1 Å². The summed E-state index contributed by atoms with van der Waals surface area (Å²) in [7, 11) is 0. The summed E-state index contributed by atoms with van der Waals surface area (Å²) in [5.74, 6) is 0.985. The lowest BCUT2D eigenvalue weighted by molar-refractivity contribution is 0.296. The Hall–Kier alpha value is -1.66. The molecule has 96 valence electrons. The third-order valence-electron chi connectivity index (χ3n) is 2.16. The second kappa shape index (κ2) is 6.93. The predicted molar refractivity (Wildman–Crippen MR) is 72.3 cm³/mol. The average molecular weight is 266 g/mol. The van der Waals surface area contributed by atoms with Crippen LogP contribution in [0.4, 0.5) is 0 Å². The van der Waals surface area contributed by atoms with Crippen LogP contribution in [0, 0.1) is 11.3 Å². The van der Waals surface area contributed by atoms with E-state index in [0.29, 0.717) is 35.3 Å². The van der Waals surface area contributed by atoms with Crippen LogP contribution in [0.1, 0.15) is 26.3 Å². The SMILES string of the molecule is CCOc1cc(C#N)cc(Cl)c1OCC=C(C)C. The molecule has 0 unspecified atom stereocenters. The van der Waals surface area contributed by atoms with Crippen molar-refractivity contribution >= 4 is 11.6 Å². The highest BCUT2D eigenvalue weighted by Crippen LogP contribution is 2.36. The summed E-state index contributed by atoms with van der Waals surface area (Å²) in [5.41, 5.74) is 1.62. The van der Waals surface area contributed by atoms with E-state index in [1.165, 1.54) is 0 Å². The summed E-state index contributed by atoms with van der Waals surface area (Å²) >= 11 is 6.09. The Morgan fingerprint density at radius 2 is 2.11 bits per heavy atom. The van der Waals surface area contributed by atoms with E-state index in [-0.39, 0.29) is 0 Å². The van der Waals surface area contributed by atoms with Crippen LogP contribution in [-0.2, 0) is 0 Å². The zero-order chi connectivity index (χ0) is 13.5. The zero-order valence-electron chi connectivity index (χ0n) is 10.8. The maximum absolute atomic E-state index is 8.88. The van der Waals surface area contributed by atoms with Gasteiger partial charge in [0.25, 0.3) is 0 Å². The van der Waals surface area contributed by atoms with Crippen molar-refractivity contribution in [3.63, 3.8) is 0 Å². The van der Waals surface area contributed by atoms with Gasteiger partial charge in [0.2, 0.25) is 0 Å². The highest BCUT2D eigenvalue weighted by molar-refractivity contribution is 6.32. The molecule has 0 fully saturated rings. The fourth-order valence-corrected chi connectivity index (χ4v) is 1.59. The molecule has 3 nitrogen and oxygen atoms in total. The molecule has 0 aliphatic heterocycles. The molecule has 0 heterocycles. The number of rotatable bonds is 5. The van der Waals surface area contributed by atoms with Gasteiger partial charge in [-0.15, -0.1) is 0 Å². The van der Waals surface area contributed by atoms with Crippen molar-refractivity contribution in [1.82, 2.24) is 0 Å². The molecule has 0 saturated heterocycles. The van der Waals surface area contributed by atoms with E-state index in [2.05, 4.69) is 0 Å². The smallest absolute Gasteiger partial charge is 0.180 e. The Kier molecular flexibility index (Phi) is 5.54. The number of halogens is 1.